The zero-order chi connectivity index (χ0) is 83.7. The van der Waals surface area contributed by atoms with E-state index in [-0.39, 0.29) is 54.9 Å². The Balaban J connectivity index is 0.000000202. The fourth-order valence-electron chi connectivity index (χ4n) is 9.99. The van der Waals surface area contributed by atoms with E-state index in [2.05, 4.69) is 10.3 Å². The van der Waals surface area contributed by atoms with E-state index in [1.54, 1.807) is 80.0 Å². The highest BCUT2D eigenvalue weighted by Crippen LogP contribution is 2.38. The summed E-state index contributed by atoms with van der Waals surface area (Å²) in [6.45, 7) is 1.94. The Morgan fingerprint density at radius 1 is 0.466 bits per heavy atom. The fourth-order valence-corrected chi connectivity index (χ4v) is 13.7. The van der Waals surface area contributed by atoms with Crippen molar-refractivity contribution in [3.8, 4) is 34.1 Å². The Bertz CT molecular complexity index is 5600. The third-order valence-electron chi connectivity index (χ3n) is 15.2. The molecule has 0 aliphatic rings. The van der Waals surface area contributed by atoms with E-state index >= 15 is 0 Å². The minimum Gasteiger partial charge on any atom is -0.483 e. The molecular formula is C80H69ClF6N10O15S4. The second kappa shape index (κ2) is 41.9. The van der Waals surface area contributed by atoms with E-state index < -0.39 is 60.5 Å². The number of anilines is 1. The molecule has 0 saturated carbocycles. The van der Waals surface area contributed by atoms with Crippen molar-refractivity contribution < 1.29 is 98.9 Å². The monoisotopic (exact) mass is 1690 g/mol. The van der Waals surface area contributed by atoms with Crippen molar-refractivity contribution in [1.29, 1.82) is 21.6 Å². The number of pyridine rings is 1. The number of aromatic nitrogens is 1. The quantitative estimate of drug-likeness (QED) is 0.0130. The zero-order valence-corrected chi connectivity index (χ0v) is 64.6. The number of fused-ring (bicyclic) bond motifs is 4. The van der Waals surface area contributed by atoms with Gasteiger partial charge in [0.2, 0.25) is 18.3 Å². The second-order valence-corrected chi connectivity index (χ2v) is 27.8. The van der Waals surface area contributed by atoms with Crippen molar-refractivity contribution in [3.05, 3.63) is 273 Å². The number of nitrogens with two attached hydrogens (primary N) is 4. The van der Waals surface area contributed by atoms with Gasteiger partial charge in [0.15, 0.2) is 6.61 Å². The Kier molecular flexibility index (Phi) is 32.4. The number of methoxy groups -OCH3 is 1. The van der Waals surface area contributed by atoms with Crippen molar-refractivity contribution in [2.45, 2.75) is 37.6 Å². The lowest BCUT2D eigenvalue weighted by atomic mass is 10.0. The molecule has 3 atom stereocenters. The number of benzene rings is 8. The predicted molar refractivity (Wildman–Crippen MR) is 436 cm³/mol. The number of rotatable bonds is 22. The van der Waals surface area contributed by atoms with Gasteiger partial charge in [-0.3, -0.25) is 31.4 Å². The molecule has 13 rings (SSSR count). The maximum Gasteiger partial charge on any atom is 0.490 e. The van der Waals surface area contributed by atoms with Gasteiger partial charge < -0.3 is 72.0 Å². The maximum atomic E-state index is 12.3. The summed E-state index contributed by atoms with van der Waals surface area (Å²) in [7, 11) is 1.34. The van der Waals surface area contributed by atoms with E-state index in [0.29, 0.717) is 48.9 Å². The van der Waals surface area contributed by atoms with Crippen LogP contribution in [0.25, 0.3) is 51.5 Å². The molecule has 0 unspecified atom stereocenters. The smallest absolute Gasteiger partial charge is 0.483 e. The number of amides is 1. The van der Waals surface area contributed by atoms with Crippen LogP contribution in [-0.4, -0.2) is 112 Å². The van der Waals surface area contributed by atoms with Crippen LogP contribution in [0, 0.1) is 21.6 Å². The number of para-hydroxylation sites is 1. The Hall–Kier alpha value is -13.5. The molecule has 25 nitrogen and oxygen atoms in total. The van der Waals surface area contributed by atoms with Gasteiger partial charge in [0.05, 0.1) is 45.1 Å². The second-order valence-electron chi connectivity index (χ2n) is 23.5. The number of carbonyl (C=O) groups is 6. The van der Waals surface area contributed by atoms with Crippen LogP contribution in [0.2, 0.25) is 0 Å². The van der Waals surface area contributed by atoms with Crippen LogP contribution in [0.5, 0.6) is 23.0 Å². The lowest BCUT2D eigenvalue weighted by Crippen LogP contribution is -2.21. The minimum absolute atomic E-state index is 0. The highest BCUT2D eigenvalue weighted by Gasteiger charge is 2.39. The molecule has 0 fully saturated rings. The summed E-state index contributed by atoms with van der Waals surface area (Å²) in [5, 5.41) is 60.5. The molecule has 36 heteroatoms. The summed E-state index contributed by atoms with van der Waals surface area (Å²) >= 11 is 5.69. The molecule has 5 heterocycles. The van der Waals surface area contributed by atoms with Gasteiger partial charge in [-0.25, -0.2) is 24.0 Å². The maximum absolute atomic E-state index is 12.3. The first kappa shape index (κ1) is 89.7. The minimum atomic E-state index is -5.08. The number of aliphatic carboxylic acids is 3. The van der Waals surface area contributed by atoms with E-state index in [4.69, 9.17) is 92.8 Å². The first-order chi connectivity index (χ1) is 54.7. The molecule has 602 valence electrons. The van der Waals surface area contributed by atoms with Gasteiger partial charge in [0.1, 0.15) is 46.3 Å². The Morgan fingerprint density at radius 3 is 1.22 bits per heavy atom. The lowest BCUT2D eigenvalue weighted by molar-refractivity contribution is -0.193. The number of amidine groups is 4. The van der Waals surface area contributed by atoms with Crippen molar-refractivity contribution in [2.24, 2.45) is 22.9 Å². The number of hydrogen-bond donors (Lipinski definition) is 12. The highest BCUT2D eigenvalue weighted by atomic mass is 35.5. The van der Waals surface area contributed by atoms with Gasteiger partial charge in [-0.2, -0.15) is 26.3 Å². The normalized spacial score (nSPS) is 11.4. The predicted octanol–water partition coefficient (Wildman–Crippen LogP) is 16.7. The van der Waals surface area contributed by atoms with E-state index in [0.717, 1.165) is 67.5 Å². The number of ether oxygens (including phenoxy) is 6. The number of carboxylic acids is 3. The molecule has 0 bridgehead atoms. The third kappa shape index (κ3) is 26.0. The average molecular weight is 1690 g/mol. The number of nitrogens with one attached hydrogen (secondary N) is 5. The van der Waals surface area contributed by atoms with Crippen LogP contribution in [0.4, 0.5) is 32.0 Å². The summed E-state index contributed by atoms with van der Waals surface area (Å²) in [4.78, 5) is 72.7. The van der Waals surface area contributed by atoms with E-state index in [9.17, 15) is 50.6 Å². The van der Waals surface area contributed by atoms with Crippen molar-refractivity contribution >= 4 is 163 Å². The van der Waals surface area contributed by atoms with Gasteiger partial charge >= 0.3 is 42.2 Å². The highest BCUT2D eigenvalue weighted by molar-refractivity contribution is 7.22. The van der Waals surface area contributed by atoms with Gasteiger partial charge in [-0.15, -0.1) is 57.8 Å². The lowest BCUT2D eigenvalue weighted by Gasteiger charge is -2.18. The van der Waals surface area contributed by atoms with E-state index in [1.165, 1.54) is 52.5 Å². The first-order valence-corrected chi connectivity index (χ1v) is 36.6. The van der Waals surface area contributed by atoms with Crippen LogP contribution in [-0.2, 0) is 38.2 Å². The topological polar surface area (TPSA) is 443 Å². The molecular weight excluding hydrogens is 1620 g/mol. The molecule has 5 aromatic heterocycles. The molecule has 116 heavy (non-hydrogen) atoms. The van der Waals surface area contributed by atoms with Gasteiger partial charge in [-0.1, -0.05) is 115 Å². The number of nitrogen functional groups attached to an aromatic ring is 4. The molecule has 0 saturated heterocycles. The Morgan fingerprint density at radius 2 is 0.845 bits per heavy atom. The first-order valence-electron chi connectivity index (χ1n) is 33.4. The standard InChI is InChI=1S/C22H18N4O2S.C19H18N2O3S.C18H16N2O3S.C17H14N2O3S.2C2HF3O2.ClH/c23-22(24)20-11-15-10-14(7-8-19(15)29-20)17-5-1-2-6-18(17)28-13-21(27)26-16-4-3-9-25-12-16;1-2-23-19(22)17(12-6-4-3-5-7-12)24-14-9-8-13-10-16(18(20)21)25-15(13)11-14;1-22-18(21)16(11-5-3-2-4-6-11)23-13-8-7-12-9-15(17(19)20)24-14(12)10-13;18-16(19)14-8-11-6-7-12(9-13(11)23-14)22-15(17(20)21)10-4-2-1-3-5-10;2*3-2(4,5)1(6)7;/h1-12H,13H2,(H3,23,24)(H,26,27);3-11,17H,2H2,1H3,(H3,20,21);2-10,16H,1H3,(H3,19,20);1-9,15H,(H3,18,19)(H,20,21);2*(H,6,7);1H/t;17-;16-;15-;;;/m.011.../s1. The number of nitrogens with zero attached hydrogens (tertiary/aromatic N) is 1. The number of carbonyl (C=O) groups excluding carboxylic acids is 3. The largest absolute Gasteiger partial charge is 0.490 e. The number of hydrogen-bond acceptors (Lipinski definition) is 21. The molecule has 0 aliphatic carbocycles. The molecule has 1 amide bonds. The molecule has 16 N–H and O–H groups in total. The SMILES string of the molecule is CCOC(=O)[C@@H](Oc1ccc2cc(C(=N)N)sc2c1)c1ccccc1.COC(=O)[C@H](Oc1ccc2cc(C(=N)N)sc2c1)c1ccccc1.Cl.N=C(N)c1cc2cc(-c3ccccc3OCC(=O)Nc3cccnc3)ccc2s1.N=C(N)c1cc2ccc(O[C@@H](C(=O)O)c3ccccc3)cc2s1.O=C(O)C(F)(F)F.O=C(O)C(F)(F)F. The molecule has 0 radical (unpaired) electrons. The van der Waals surface area contributed by atoms with Gasteiger partial charge in [-0.05, 0) is 143 Å². The van der Waals surface area contributed by atoms with Crippen LogP contribution in [0.3, 0.4) is 0 Å². The number of carboxylic acid groups (broad SMARTS) is 3. The van der Waals surface area contributed by atoms with Crippen LogP contribution >= 0.6 is 57.8 Å². The van der Waals surface area contributed by atoms with Gasteiger partial charge in [0, 0.05) is 47.3 Å². The number of halogens is 7. The molecule has 8 aromatic carbocycles. The summed E-state index contributed by atoms with van der Waals surface area (Å²) in [5.41, 5.74) is 26.7. The number of alkyl halides is 6. The number of esters is 2. The summed E-state index contributed by atoms with van der Waals surface area (Å²) < 4.78 is 101. The Labute approximate surface area is 677 Å². The molecule has 0 aliphatic heterocycles. The van der Waals surface area contributed by atoms with Crippen LogP contribution in [0.15, 0.2) is 237 Å². The summed E-state index contributed by atoms with van der Waals surface area (Å²) in [6, 6.07) is 68.3. The molecule has 13 aromatic rings. The van der Waals surface area contributed by atoms with Crippen molar-refractivity contribution in [2.75, 3.05) is 25.6 Å². The summed E-state index contributed by atoms with van der Waals surface area (Å²) in [6.07, 6.45) is -9.67. The third-order valence-corrected chi connectivity index (χ3v) is 19.8. The van der Waals surface area contributed by atoms with Crippen molar-refractivity contribution in [3.63, 3.8) is 0 Å². The molecule has 0 spiro atoms. The van der Waals surface area contributed by atoms with Crippen LogP contribution < -0.4 is 47.2 Å². The van der Waals surface area contributed by atoms with E-state index in [1.807, 2.05) is 164 Å². The van der Waals surface area contributed by atoms with Gasteiger partial charge in [0.25, 0.3) is 5.91 Å². The average Bonchev–Trinajstić information content (AvgIpc) is 1.61. The fraction of sp³-hybridized carbons (Fsp3) is 0.113. The van der Waals surface area contributed by atoms with Crippen molar-refractivity contribution in [1.82, 2.24) is 4.98 Å². The zero-order valence-electron chi connectivity index (χ0n) is 60.5. The number of thiophene rings is 4. The summed E-state index contributed by atoms with van der Waals surface area (Å²) in [5.74, 6) is -5.35. The van der Waals surface area contributed by atoms with Crippen LogP contribution in [0.1, 0.15) is 61.4 Å².